The van der Waals surface area contributed by atoms with Crippen LogP contribution in [-0.2, 0) is 16.1 Å². The van der Waals surface area contributed by atoms with Crippen LogP contribution in [0.25, 0.3) is 22.2 Å². The van der Waals surface area contributed by atoms with Gasteiger partial charge >= 0.3 is 5.97 Å². The van der Waals surface area contributed by atoms with Crippen molar-refractivity contribution in [3.05, 3.63) is 65.5 Å². The van der Waals surface area contributed by atoms with Gasteiger partial charge in [-0.25, -0.2) is 9.78 Å². The number of carboxylic acid groups (broad SMARTS) is 1. The van der Waals surface area contributed by atoms with Crippen molar-refractivity contribution in [1.29, 1.82) is 0 Å². The van der Waals surface area contributed by atoms with Crippen LogP contribution < -0.4 is 9.47 Å². The zero-order valence-electron chi connectivity index (χ0n) is 23.1. The number of fused-ring (bicyclic) bond motifs is 1. The van der Waals surface area contributed by atoms with Gasteiger partial charge in [0.15, 0.2) is 17.1 Å². The van der Waals surface area contributed by atoms with Crippen molar-refractivity contribution in [1.82, 2.24) is 19.7 Å². The lowest BCUT2D eigenvalue weighted by Gasteiger charge is -2.22. The molecule has 0 saturated heterocycles. The molecule has 2 heterocycles. The van der Waals surface area contributed by atoms with Crippen LogP contribution in [0.5, 0.6) is 11.8 Å². The molecule has 0 atom stereocenters. The van der Waals surface area contributed by atoms with Gasteiger partial charge in [-0.2, -0.15) is 0 Å². The third kappa shape index (κ3) is 6.26. The zero-order chi connectivity index (χ0) is 28.9. The minimum atomic E-state index is -0.978. The lowest BCUT2D eigenvalue weighted by molar-refractivity contribution is -0.119. The molecule has 2 aromatic heterocycles. The molecule has 0 bridgehead atoms. The monoisotopic (exact) mass is 556 g/mol. The number of ketones is 2. The number of hydrogen-bond acceptors (Lipinski definition) is 8. The molecule has 2 aromatic carbocycles. The van der Waals surface area contributed by atoms with Crippen LogP contribution in [0, 0.1) is 0 Å². The van der Waals surface area contributed by atoms with Crippen molar-refractivity contribution in [3.63, 3.8) is 0 Å². The van der Waals surface area contributed by atoms with Crippen LogP contribution in [0.4, 0.5) is 0 Å². The number of carbonyl (C=O) groups is 3. The molecule has 10 heteroatoms. The Labute approximate surface area is 237 Å². The van der Waals surface area contributed by atoms with E-state index < -0.39 is 5.97 Å². The number of benzene rings is 2. The maximum Gasteiger partial charge on any atom is 0.336 e. The van der Waals surface area contributed by atoms with E-state index in [0.29, 0.717) is 23.1 Å². The Balaban J connectivity index is 1.59. The second-order valence-electron chi connectivity index (χ2n) is 10.4. The molecule has 41 heavy (non-hydrogen) atoms. The second kappa shape index (κ2) is 12.3. The number of rotatable bonds is 11. The molecule has 4 aromatic rings. The molecular formula is C31H32N4O6. The van der Waals surface area contributed by atoms with E-state index in [9.17, 15) is 19.5 Å². The fourth-order valence-electron chi connectivity index (χ4n) is 5.28. The summed E-state index contributed by atoms with van der Waals surface area (Å²) in [5.41, 5.74) is 3.63. The van der Waals surface area contributed by atoms with Gasteiger partial charge in [-0.15, -0.1) is 10.2 Å². The summed E-state index contributed by atoms with van der Waals surface area (Å²) in [5, 5.41) is 18.0. The average Bonchev–Trinajstić information content (AvgIpc) is 3.35. The highest BCUT2D eigenvalue weighted by molar-refractivity contribution is 5.96. The van der Waals surface area contributed by atoms with Crippen LogP contribution in [-0.4, -0.2) is 55.6 Å². The molecule has 0 spiro atoms. The third-order valence-corrected chi connectivity index (χ3v) is 7.19. The average molecular weight is 557 g/mol. The Morgan fingerprint density at radius 1 is 0.878 bits per heavy atom. The first kappa shape index (κ1) is 27.9. The molecular weight excluding hydrogens is 524 g/mol. The first-order valence-corrected chi connectivity index (χ1v) is 13.7. The van der Waals surface area contributed by atoms with Crippen LogP contribution >= 0.6 is 0 Å². The SMILES string of the molecule is CC(=O)COc1nnc(OCC(C)=O)c2c1nc(C1CCCCC1)n2Cc1ccc(-c2ccccc2C(=O)O)cc1. The molecule has 1 saturated carbocycles. The van der Waals surface area contributed by atoms with E-state index in [2.05, 4.69) is 14.8 Å². The predicted octanol–water partition coefficient (Wildman–Crippen LogP) is 5.22. The zero-order valence-corrected chi connectivity index (χ0v) is 23.1. The summed E-state index contributed by atoms with van der Waals surface area (Å²) >= 11 is 0. The lowest BCUT2D eigenvalue weighted by Crippen LogP contribution is -2.14. The Bertz CT molecular complexity index is 1590. The number of imidazole rings is 1. The van der Waals surface area contributed by atoms with Crippen molar-refractivity contribution >= 4 is 28.6 Å². The fraction of sp³-hybridized carbons (Fsp3) is 0.355. The van der Waals surface area contributed by atoms with E-state index in [1.165, 1.54) is 20.3 Å². The number of aromatic carboxylic acids is 1. The van der Waals surface area contributed by atoms with Crippen LogP contribution in [0.3, 0.4) is 0 Å². The summed E-state index contributed by atoms with van der Waals surface area (Å²) < 4.78 is 13.5. The molecule has 10 nitrogen and oxygen atoms in total. The number of nitrogens with zero attached hydrogens (tertiary/aromatic N) is 4. The second-order valence-corrected chi connectivity index (χ2v) is 10.4. The highest BCUT2D eigenvalue weighted by Gasteiger charge is 2.28. The van der Waals surface area contributed by atoms with Gasteiger partial charge in [0.1, 0.15) is 24.6 Å². The quantitative estimate of drug-likeness (QED) is 0.264. The van der Waals surface area contributed by atoms with Crippen LogP contribution in [0.15, 0.2) is 48.5 Å². The first-order valence-electron chi connectivity index (χ1n) is 13.7. The van der Waals surface area contributed by atoms with Gasteiger partial charge in [0.2, 0.25) is 0 Å². The minimum absolute atomic E-state index is 0.141. The molecule has 0 unspecified atom stereocenters. The maximum atomic E-state index is 11.7. The third-order valence-electron chi connectivity index (χ3n) is 7.19. The van der Waals surface area contributed by atoms with E-state index in [1.54, 1.807) is 18.2 Å². The summed E-state index contributed by atoms with van der Waals surface area (Å²) in [5.74, 6) is 0.0813. The van der Waals surface area contributed by atoms with E-state index in [1.807, 2.05) is 30.3 Å². The largest absolute Gasteiger partial charge is 0.478 e. The fourth-order valence-corrected chi connectivity index (χ4v) is 5.28. The molecule has 1 fully saturated rings. The summed E-state index contributed by atoms with van der Waals surface area (Å²) in [6, 6.07) is 14.7. The van der Waals surface area contributed by atoms with Gasteiger partial charge in [0, 0.05) is 12.5 Å². The number of aromatic nitrogens is 4. The van der Waals surface area contributed by atoms with E-state index in [-0.39, 0.29) is 48.0 Å². The summed E-state index contributed by atoms with van der Waals surface area (Å²) in [6.07, 6.45) is 5.36. The van der Waals surface area contributed by atoms with E-state index >= 15 is 0 Å². The van der Waals surface area contributed by atoms with E-state index in [4.69, 9.17) is 14.5 Å². The number of Topliss-reactive ketones (excluding diaryl/α,β-unsaturated/α-hetero) is 2. The van der Waals surface area contributed by atoms with Crippen LogP contribution in [0.2, 0.25) is 0 Å². The molecule has 0 amide bonds. The van der Waals surface area contributed by atoms with Crippen molar-refractivity contribution in [2.45, 2.75) is 58.4 Å². The molecule has 1 aliphatic carbocycles. The number of carbonyl (C=O) groups excluding carboxylic acids is 2. The van der Waals surface area contributed by atoms with Gasteiger partial charge in [0.25, 0.3) is 11.8 Å². The smallest absolute Gasteiger partial charge is 0.336 e. The van der Waals surface area contributed by atoms with E-state index in [0.717, 1.165) is 42.6 Å². The van der Waals surface area contributed by atoms with Gasteiger partial charge in [-0.3, -0.25) is 9.59 Å². The maximum absolute atomic E-state index is 11.7. The Morgan fingerprint density at radius 2 is 1.51 bits per heavy atom. The highest BCUT2D eigenvalue weighted by Crippen LogP contribution is 2.38. The van der Waals surface area contributed by atoms with Crippen molar-refractivity contribution in [2.24, 2.45) is 0 Å². The van der Waals surface area contributed by atoms with Gasteiger partial charge in [-0.1, -0.05) is 61.7 Å². The summed E-state index contributed by atoms with van der Waals surface area (Å²) in [7, 11) is 0. The Kier molecular flexibility index (Phi) is 8.37. The summed E-state index contributed by atoms with van der Waals surface area (Å²) in [4.78, 5) is 40.1. The molecule has 1 N–H and O–H groups in total. The van der Waals surface area contributed by atoms with Gasteiger partial charge in [0.05, 0.1) is 5.56 Å². The van der Waals surface area contributed by atoms with Crippen molar-refractivity contribution in [3.8, 4) is 22.9 Å². The Hall–Kier alpha value is -4.60. The molecule has 5 rings (SSSR count). The number of hydrogen-bond donors (Lipinski definition) is 1. The molecule has 1 aliphatic rings. The van der Waals surface area contributed by atoms with Crippen molar-refractivity contribution < 1.29 is 29.0 Å². The number of carboxylic acids is 1. The lowest BCUT2D eigenvalue weighted by atomic mass is 9.88. The van der Waals surface area contributed by atoms with Gasteiger partial charge in [-0.05, 0) is 49.4 Å². The number of ether oxygens (including phenoxy) is 2. The van der Waals surface area contributed by atoms with Crippen LogP contribution in [0.1, 0.15) is 73.6 Å². The normalized spacial score (nSPS) is 13.7. The molecule has 212 valence electrons. The summed E-state index contributed by atoms with van der Waals surface area (Å²) in [6.45, 7) is 2.96. The first-order chi connectivity index (χ1) is 19.8. The minimum Gasteiger partial charge on any atom is -0.478 e. The standard InChI is InChI=1S/C31H32N4O6/c1-19(36)17-40-29-26-27(30(34-33-29)41-18-20(2)37)35(28(32-26)23-8-4-3-5-9-23)16-21-12-14-22(15-13-21)24-10-6-7-11-25(24)31(38)39/h6-7,10-15,23H,3-5,8-9,16-18H2,1-2H3,(H,38,39). The van der Waals surface area contributed by atoms with Gasteiger partial charge < -0.3 is 19.1 Å². The highest BCUT2D eigenvalue weighted by atomic mass is 16.5. The van der Waals surface area contributed by atoms with Crippen molar-refractivity contribution in [2.75, 3.05) is 13.2 Å². The predicted molar refractivity (Wildman–Crippen MR) is 151 cm³/mol. The Morgan fingerprint density at radius 3 is 2.17 bits per heavy atom. The molecule has 0 aliphatic heterocycles. The molecule has 0 radical (unpaired) electrons. The topological polar surface area (TPSA) is 133 Å².